The Morgan fingerprint density at radius 3 is 2.46 bits per heavy atom. The zero-order valence-corrected chi connectivity index (χ0v) is 14.6. The normalized spacial score (nSPS) is 10.7. The van der Waals surface area contributed by atoms with Crippen LogP contribution >= 0.6 is 0 Å². The highest BCUT2D eigenvalue weighted by atomic mass is 16.5. The number of nitrogens with zero attached hydrogens (tertiary/aromatic N) is 2. The van der Waals surface area contributed by atoms with Crippen molar-refractivity contribution in [3.63, 3.8) is 0 Å². The topological polar surface area (TPSA) is 77.2 Å². The fraction of sp³-hybridized carbons (Fsp3) is 0.250. The summed E-state index contributed by atoms with van der Waals surface area (Å²) in [6, 6.07) is 18.2. The number of hydrogen-bond donors (Lipinski definition) is 1. The first kappa shape index (κ1) is 17.8. The van der Waals surface area contributed by atoms with Crippen molar-refractivity contribution in [1.29, 1.82) is 0 Å². The average Bonchev–Trinajstić information content (AvgIpc) is 3.16. The number of ether oxygens (including phenoxy) is 1. The van der Waals surface area contributed by atoms with Crippen LogP contribution in [0.3, 0.4) is 0 Å². The summed E-state index contributed by atoms with van der Waals surface area (Å²) in [7, 11) is 1.60. The molecule has 0 bridgehead atoms. The summed E-state index contributed by atoms with van der Waals surface area (Å²) in [5.74, 6) is 0.919. The zero-order chi connectivity index (χ0) is 18.2. The lowest BCUT2D eigenvalue weighted by molar-refractivity contribution is -0.121. The van der Waals surface area contributed by atoms with Gasteiger partial charge in [0, 0.05) is 32.1 Å². The summed E-state index contributed by atoms with van der Waals surface area (Å²) in [6.45, 7) is 0.994. The van der Waals surface area contributed by atoms with Crippen LogP contribution in [-0.4, -0.2) is 36.3 Å². The van der Waals surface area contributed by atoms with Crippen LogP contribution in [0.25, 0.3) is 22.5 Å². The van der Waals surface area contributed by atoms with Crippen LogP contribution in [0.1, 0.15) is 12.3 Å². The first-order valence-corrected chi connectivity index (χ1v) is 8.50. The molecular formula is C20H21N3O3. The molecule has 6 nitrogen and oxygen atoms in total. The van der Waals surface area contributed by atoms with Crippen molar-refractivity contribution in [2.75, 3.05) is 20.3 Å². The van der Waals surface area contributed by atoms with Crippen LogP contribution in [0.5, 0.6) is 0 Å². The number of carbonyl (C=O) groups is 1. The van der Waals surface area contributed by atoms with Gasteiger partial charge >= 0.3 is 0 Å². The molecule has 1 aromatic heterocycles. The molecule has 134 valence electrons. The molecule has 0 radical (unpaired) electrons. The van der Waals surface area contributed by atoms with Crippen LogP contribution in [0.15, 0.2) is 59.1 Å². The number of hydrogen-bond acceptors (Lipinski definition) is 5. The third kappa shape index (κ3) is 4.77. The van der Waals surface area contributed by atoms with E-state index in [4.69, 9.17) is 9.26 Å². The molecule has 3 rings (SSSR count). The molecule has 0 aliphatic rings. The van der Waals surface area contributed by atoms with Gasteiger partial charge in [-0.3, -0.25) is 4.79 Å². The highest BCUT2D eigenvalue weighted by Crippen LogP contribution is 2.23. The second kappa shape index (κ2) is 8.92. The van der Waals surface area contributed by atoms with Crippen molar-refractivity contribution < 1.29 is 14.1 Å². The number of aryl methyl sites for hydroxylation is 1. The van der Waals surface area contributed by atoms with Gasteiger partial charge in [-0.05, 0) is 11.1 Å². The third-order valence-electron chi connectivity index (χ3n) is 3.91. The van der Waals surface area contributed by atoms with Crippen LogP contribution in [0.2, 0.25) is 0 Å². The van der Waals surface area contributed by atoms with E-state index in [0.717, 1.165) is 16.7 Å². The van der Waals surface area contributed by atoms with E-state index < -0.39 is 0 Å². The van der Waals surface area contributed by atoms with Gasteiger partial charge in [0.05, 0.1) is 6.61 Å². The SMILES string of the molecule is COCCNC(=O)CCc1nc(-c2ccc(-c3ccccc3)cc2)no1. The minimum absolute atomic E-state index is 0.0611. The Hall–Kier alpha value is -2.99. The lowest BCUT2D eigenvalue weighted by Crippen LogP contribution is -2.27. The van der Waals surface area contributed by atoms with Gasteiger partial charge in [0.15, 0.2) is 0 Å². The van der Waals surface area contributed by atoms with E-state index >= 15 is 0 Å². The summed E-state index contributed by atoms with van der Waals surface area (Å²) in [4.78, 5) is 16.1. The van der Waals surface area contributed by atoms with E-state index in [1.165, 1.54) is 0 Å². The second-order valence-corrected chi connectivity index (χ2v) is 5.80. The Morgan fingerprint density at radius 1 is 1.04 bits per heavy atom. The van der Waals surface area contributed by atoms with Crippen molar-refractivity contribution in [2.24, 2.45) is 0 Å². The number of amides is 1. The van der Waals surface area contributed by atoms with E-state index in [1.54, 1.807) is 7.11 Å². The predicted molar refractivity (Wildman–Crippen MR) is 98.4 cm³/mol. The standard InChI is InChI=1S/C20H21N3O3/c1-25-14-13-21-18(24)11-12-19-22-20(23-26-19)17-9-7-16(8-10-17)15-5-3-2-4-6-15/h2-10H,11-14H2,1H3,(H,21,24). The van der Waals surface area contributed by atoms with Gasteiger partial charge in [0.1, 0.15) is 0 Å². The third-order valence-corrected chi connectivity index (χ3v) is 3.91. The molecule has 6 heteroatoms. The van der Waals surface area contributed by atoms with Crippen molar-refractivity contribution in [3.8, 4) is 22.5 Å². The zero-order valence-electron chi connectivity index (χ0n) is 14.6. The molecule has 1 heterocycles. The number of benzene rings is 2. The van der Waals surface area contributed by atoms with Crippen molar-refractivity contribution in [1.82, 2.24) is 15.5 Å². The summed E-state index contributed by atoms with van der Waals surface area (Å²) in [5.41, 5.74) is 3.17. The highest BCUT2D eigenvalue weighted by Gasteiger charge is 2.11. The van der Waals surface area contributed by atoms with Crippen molar-refractivity contribution in [3.05, 3.63) is 60.5 Å². The highest BCUT2D eigenvalue weighted by molar-refractivity contribution is 5.76. The molecule has 1 amide bonds. The number of rotatable bonds is 8. The smallest absolute Gasteiger partial charge is 0.227 e. The Balaban J connectivity index is 1.58. The van der Waals surface area contributed by atoms with Gasteiger partial charge < -0.3 is 14.6 Å². The Morgan fingerprint density at radius 2 is 1.73 bits per heavy atom. The average molecular weight is 351 g/mol. The molecule has 0 saturated heterocycles. The molecule has 26 heavy (non-hydrogen) atoms. The first-order valence-electron chi connectivity index (χ1n) is 8.50. The fourth-order valence-corrected chi connectivity index (χ4v) is 2.52. The lowest BCUT2D eigenvalue weighted by Gasteiger charge is -2.02. The molecule has 0 aliphatic carbocycles. The van der Waals surface area contributed by atoms with Crippen molar-refractivity contribution >= 4 is 5.91 Å². The Bertz CT molecular complexity index is 829. The van der Waals surface area contributed by atoms with Gasteiger partial charge in [-0.25, -0.2) is 0 Å². The minimum atomic E-state index is -0.0611. The van der Waals surface area contributed by atoms with E-state index in [0.29, 0.717) is 37.7 Å². The van der Waals surface area contributed by atoms with Crippen LogP contribution in [0.4, 0.5) is 0 Å². The summed E-state index contributed by atoms with van der Waals surface area (Å²) in [5, 5.41) is 6.76. The number of aromatic nitrogens is 2. The molecule has 1 N–H and O–H groups in total. The molecule has 0 spiro atoms. The van der Waals surface area contributed by atoms with Gasteiger partial charge in [-0.1, -0.05) is 59.8 Å². The molecule has 0 aliphatic heterocycles. The largest absolute Gasteiger partial charge is 0.383 e. The van der Waals surface area contributed by atoms with Gasteiger partial charge in [0.25, 0.3) is 0 Å². The molecule has 3 aromatic rings. The molecule has 0 unspecified atom stereocenters. The monoisotopic (exact) mass is 351 g/mol. The van der Waals surface area contributed by atoms with E-state index in [-0.39, 0.29) is 5.91 Å². The second-order valence-electron chi connectivity index (χ2n) is 5.80. The van der Waals surface area contributed by atoms with Crippen LogP contribution < -0.4 is 5.32 Å². The first-order chi connectivity index (χ1) is 12.8. The molecule has 2 aromatic carbocycles. The van der Waals surface area contributed by atoms with Gasteiger partial charge in [-0.2, -0.15) is 4.98 Å². The summed E-state index contributed by atoms with van der Waals surface area (Å²) < 4.78 is 10.1. The quantitative estimate of drug-likeness (QED) is 0.631. The maximum absolute atomic E-state index is 11.7. The number of carbonyl (C=O) groups excluding carboxylic acids is 1. The minimum Gasteiger partial charge on any atom is -0.383 e. The maximum atomic E-state index is 11.7. The predicted octanol–water partition coefficient (Wildman–Crippen LogP) is 3.10. The van der Waals surface area contributed by atoms with Gasteiger partial charge in [-0.15, -0.1) is 0 Å². The molecular weight excluding hydrogens is 330 g/mol. The summed E-state index contributed by atoms with van der Waals surface area (Å²) >= 11 is 0. The number of nitrogens with one attached hydrogen (secondary N) is 1. The maximum Gasteiger partial charge on any atom is 0.227 e. The molecule has 0 atom stereocenters. The number of methoxy groups -OCH3 is 1. The van der Waals surface area contributed by atoms with Crippen molar-refractivity contribution in [2.45, 2.75) is 12.8 Å². The molecule has 0 fully saturated rings. The van der Waals surface area contributed by atoms with E-state index in [9.17, 15) is 4.79 Å². The van der Waals surface area contributed by atoms with E-state index in [1.807, 2.05) is 42.5 Å². The van der Waals surface area contributed by atoms with Gasteiger partial charge in [0.2, 0.25) is 17.6 Å². The fourth-order valence-electron chi connectivity index (χ4n) is 2.52. The Kier molecular flexibility index (Phi) is 6.11. The Labute approximate surface area is 152 Å². The molecule has 0 saturated carbocycles. The van der Waals surface area contributed by atoms with E-state index in [2.05, 4.69) is 27.6 Å². The van der Waals surface area contributed by atoms with Crippen LogP contribution in [-0.2, 0) is 16.0 Å². The summed E-state index contributed by atoms with van der Waals surface area (Å²) in [6.07, 6.45) is 0.714. The van der Waals surface area contributed by atoms with Crippen LogP contribution in [0, 0.1) is 0 Å². The lowest BCUT2D eigenvalue weighted by atomic mass is 10.0.